The van der Waals surface area contributed by atoms with Gasteiger partial charge < -0.3 is 9.64 Å². The fraction of sp³-hybridized carbons (Fsp3) is 0.467. The van der Waals surface area contributed by atoms with Crippen molar-refractivity contribution >= 4 is 35.1 Å². The van der Waals surface area contributed by atoms with Crippen LogP contribution in [0.4, 0.5) is 0 Å². The molecule has 1 aliphatic rings. The quantitative estimate of drug-likeness (QED) is 0.798. The molecule has 0 N–H and O–H groups in total. The van der Waals surface area contributed by atoms with Gasteiger partial charge in [0.2, 0.25) is 0 Å². The summed E-state index contributed by atoms with van der Waals surface area (Å²) < 4.78 is 5.03. The van der Waals surface area contributed by atoms with Crippen LogP contribution >= 0.6 is 23.2 Å². The summed E-state index contributed by atoms with van der Waals surface area (Å²) in [5.74, 6) is -0.760. The van der Waals surface area contributed by atoms with Gasteiger partial charge in [0, 0.05) is 13.1 Å². The maximum atomic E-state index is 12.6. The maximum absolute atomic E-state index is 12.6. The van der Waals surface area contributed by atoms with E-state index in [-0.39, 0.29) is 17.8 Å². The Bertz CT molecular complexity index is 527. The van der Waals surface area contributed by atoms with E-state index in [1.54, 1.807) is 30.0 Å². The summed E-state index contributed by atoms with van der Waals surface area (Å²) in [5, 5.41) is 0.650. The summed E-state index contributed by atoms with van der Waals surface area (Å²) in [5.41, 5.74) is 0.297. The van der Waals surface area contributed by atoms with E-state index >= 15 is 0 Å². The zero-order valence-corrected chi connectivity index (χ0v) is 13.3. The number of likely N-dealkylation sites (tertiary alicyclic amines) is 1. The molecule has 1 atom stereocenters. The molecule has 2 rings (SSSR count). The van der Waals surface area contributed by atoms with Gasteiger partial charge in [-0.1, -0.05) is 29.3 Å². The van der Waals surface area contributed by atoms with Gasteiger partial charge in [0.1, 0.15) is 0 Å². The number of benzene rings is 1. The van der Waals surface area contributed by atoms with Crippen LogP contribution in [-0.2, 0) is 9.53 Å². The fourth-order valence-electron chi connectivity index (χ4n) is 2.47. The molecule has 0 radical (unpaired) electrons. The Morgan fingerprint density at radius 3 is 2.62 bits per heavy atom. The molecule has 0 unspecified atom stereocenters. The normalized spacial score (nSPS) is 18.4. The minimum absolute atomic E-state index is 0.236. The number of halogens is 2. The van der Waals surface area contributed by atoms with Gasteiger partial charge in [0.05, 0.1) is 28.1 Å². The molecule has 0 aliphatic carbocycles. The largest absolute Gasteiger partial charge is 0.466 e. The van der Waals surface area contributed by atoms with Crippen molar-refractivity contribution < 1.29 is 14.3 Å². The molecule has 1 fully saturated rings. The number of piperidine rings is 1. The van der Waals surface area contributed by atoms with E-state index in [4.69, 9.17) is 27.9 Å². The van der Waals surface area contributed by atoms with Crippen molar-refractivity contribution in [1.29, 1.82) is 0 Å². The second-order valence-corrected chi connectivity index (χ2v) is 5.75. The summed E-state index contributed by atoms with van der Waals surface area (Å²) in [4.78, 5) is 26.0. The molecule has 0 bridgehead atoms. The van der Waals surface area contributed by atoms with Crippen molar-refractivity contribution in [3.05, 3.63) is 33.8 Å². The van der Waals surface area contributed by atoms with Gasteiger partial charge in [0.15, 0.2) is 0 Å². The lowest BCUT2D eigenvalue weighted by atomic mass is 9.97. The van der Waals surface area contributed by atoms with E-state index in [0.717, 1.165) is 12.8 Å². The van der Waals surface area contributed by atoms with Gasteiger partial charge in [-0.25, -0.2) is 0 Å². The molecule has 1 aromatic rings. The van der Waals surface area contributed by atoms with Gasteiger partial charge in [-0.05, 0) is 31.9 Å². The average Bonchev–Trinajstić information content (AvgIpc) is 2.47. The van der Waals surface area contributed by atoms with Gasteiger partial charge in [-0.2, -0.15) is 0 Å². The molecule has 114 valence electrons. The standard InChI is InChI=1S/C15H17Cl2NO3/c1-2-21-15(20)10-5-4-8-18(9-10)14(19)13-11(16)6-3-7-12(13)17/h3,6-7,10H,2,4-5,8-9H2,1H3/t10-/m1/s1. The number of hydrogen-bond donors (Lipinski definition) is 0. The lowest BCUT2D eigenvalue weighted by Gasteiger charge is -2.32. The summed E-state index contributed by atoms with van der Waals surface area (Å²) in [6.45, 7) is 3.06. The first-order chi connectivity index (χ1) is 10.0. The highest BCUT2D eigenvalue weighted by atomic mass is 35.5. The van der Waals surface area contributed by atoms with E-state index in [1.165, 1.54) is 0 Å². The van der Waals surface area contributed by atoms with Crippen molar-refractivity contribution in [3.63, 3.8) is 0 Å². The Morgan fingerprint density at radius 1 is 1.33 bits per heavy atom. The van der Waals surface area contributed by atoms with Crippen molar-refractivity contribution in [1.82, 2.24) is 4.90 Å². The van der Waals surface area contributed by atoms with Crippen LogP contribution in [0.5, 0.6) is 0 Å². The Morgan fingerprint density at radius 2 is 2.00 bits per heavy atom. The topological polar surface area (TPSA) is 46.6 Å². The molecule has 1 saturated heterocycles. The van der Waals surface area contributed by atoms with Crippen LogP contribution < -0.4 is 0 Å². The molecule has 21 heavy (non-hydrogen) atoms. The number of esters is 1. The SMILES string of the molecule is CCOC(=O)[C@@H]1CCCN(C(=O)c2c(Cl)cccc2Cl)C1. The van der Waals surface area contributed by atoms with Gasteiger partial charge in [0.25, 0.3) is 5.91 Å². The van der Waals surface area contributed by atoms with Crippen LogP contribution in [0.25, 0.3) is 0 Å². The first kappa shape index (κ1) is 16.1. The van der Waals surface area contributed by atoms with Crippen molar-refractivity contribution in [2.75, 3.05) is 19.7 Å². The highest BCUT2D eigenvalue weighted by Crippen LogP contribution is 2.28. The number of carbonyl (C=O) groups is 2. The van der Waals surface area contributed by atoms with E-state index < -0.39 is 0 Å². The third-order valence-electron chi connectivity index (χ3n) is 3.51. The highest BCUT2D eigenvalue weighted by molar-refractivity contribution is 6.39. The average molecular weight is 330 g/mol. The lowest BCUT2D eigenvalue weighted by Crippen LogP contribution is -2.43. The van der Waals surface area contributed by atoms with E-state index in [0.29, 0.717) is 35.3 Å². The number of rotatable bonds is 3. The molecule has 0 aromatic heterocycles. The maximum Gasteiger partial charge on any atom is 0.310 e. The second kappa shape index (κ2) is 7.14. The number of amides is 1. The molecule has 1 aromatic carbocycles. The third kappa shape index (κ3) is 3.69. The molecular formula is C15H17Cl2NO3. The predicted octanol–water partition coefficient (Wildman–Crippen LogP) is 3.41. The Labute approximate surface area is 134 Å². The molecule has 6 heteroatoms. The third-order valence-corrected chi connectivity index (χ3v) is 4.14. The number of ether oxygens (including phenoxy) is 1. The Hall–Kier alpha value is -1.26. The van der Waals surface area contributed by atoms with Gasteiger partial charge in [-0.3, -0.25) is 9.59 Å². The highest BCUT2D eigenvalue weighted by Gasteiger charge is 2.31. The molecule has 4 nitrogen and oxygen atoms in total. The summed E-state index contributed by atoms with van der Waals surface area (Å²) in [6.07, 6.45) is 1.50. The number of carbonyl (C=O) groups excluding carboxylic acids is 2. The minimum Gasteiger partial charge on any atom is -0.466 e. The monoisotopic (exact) mass is 329 g/mol. The van der Waals surface area contributed by atoms with Crippen molar-refractivity contribution in [2.24, 2.45) is 5.92 Å². The van der Waals surface area contributed by atoms with Crippen LogP contribution in [0.15, 0.2) is 18.2 Å². The van der Waals surface area contributed by atoms with Crippen LogP contribution in [0.1, 0.15) is 30.1 Å². The Kier molecular flexibility index (Phi) is 5.48. The zero-order valence-electron chi connectivity index (χ0n) is 11.8. The van der Waals surface area contributed by atoms with Crippen molar-refractivity contribution in [3.8, 4) is 0 Å². The molecule has 1 aliphatic heterocycles. The zero-order chi connectivity index (χ0) is 15.4. The number of nitrogens with zero attached hydrogens (tertiary/aromatic N) is 1. The van der Waals surface area contributed by atoms with Crippen LogP contribution in [0.3, 0.4) is 0 Å². The smallest absolute Gasteiger partial charge is 0.310 e. The molecule has 1 amide bonds. The molecular weight excluding hydrogens is 313 g/mol. The van der Waals surface area contributed by atoms with Gasteiger partial charge >= 0.3 is 5.97 Å². The lowest BCUT2D eigenvalue weighted by molar-refractivity contribution is -0.149. The van der Waals surface area contributed by atoms with Crippen molar-refractivity contribution in [2.45, 2.75) is 19.8 Å². The first-order valence-electron chi connectivity index (χ1n) is 6.94. The minimum atomic E-state index is -0.274. The van der Waals surface area contributed by atoms with Crippen LogP contribution in [0, 0.1) is 5.92 Å². The summed E-state index contributed by atoms with van der Waals surface area (Å²) >= 11 is 12.1. The number of hydrogen-bond acceptors (Lipinski definition) is 3. The Balaban J connectivity index is 2.14. The second-order valence-electron chi connectivity index (χ2n) is 4.94. The van der Waals surface area contributed by atoms with E-state index in [1.807, 2.05) is 0 Å². The molecule has 1 heterocycles. The van der Waals surface area contributed by atoms with Gasteiger partial charge in [-0.15, -0.1) is 0 Å². The fourth-order valence-corrected chi connectivity index (χ4v) is 3.03. The van der Waals surface area contributed by atoms with Crippen LogP contribution in [-0.4, -0.2) is 36.5 Å². The first-order valence-corrected chi connectivity index (χ1v) is 7.70. The summed E-state index contributed by atoms with van der Waals surface area (Å²) in [7, 11) is 0. The predicted molar refractivity (Wildman–Crippen MR) is 81.7 cm³/mol. The molecule has 0 saturated carbocycles. The van der Waals surface area contributed by atoms with E-state index in [9.17, 15) is 9.59 Å². The van der Waals surface area contributed by atoms with E-state index in [2.05, 4.69) is 0 Å². The van der Waals surface area contributed by atoms with Crippen LogP contribution in [0.2, 0.25) is 10.0 Å². The molecule has 0 spiro atoms. The summed E-state index contributed by atoms with van der Waals surface area (Å²) in [6, 6.07) is 4.96.